The van der Waals surface area contributed by atoms with Gasteiger partial charge in [-0.05, 0) is 35.8 Å². The van der Waals surface area contributed by atoms with E-state index < -0.39 is 18.2 Å². The molecular formula is C19H31N3O2SSi. The lowest BCUT2D eigenvalue weighted by atomic mass is 10.2. The SMILES string of the molecule is C#CCCC(=O)N(C)Cc1ccc(S(N)(=O)=N[Si](C)(C)C(C)(C)C)cc1. The number of hydrogen-bond acceptors (Lipinski definition) is 3. The number of rotatable bonds is 6. The van der Waals surface area contributed by atoms with Crippen LogP contribution in [-0.2, 0) is 21.3 Å². The summed E-state index contributed by atoms with van der Waals surface area (Å²) < 4.78 is 17.6. The van der Waals surface area contributed by atoms with Crippen molar-refractivity contribution >= 4 is 24.1 Å². The maximum atomic E-state index is 13.0. The summed E-state index contributed by atoms with van der Waals surface area (Å²) in [5.74, 6) is 2.47. The predicted octanol–water partition coefficient (Wildman–Crippen LogP) is 3.76. The highest BCUT2D eigenvalue weighted by Crippen LogP contribution is 2.37. The normalized spacial score (nSPS) is 14.2. The van der Waals surface area contributed by atoms with Crippen molar-refractivity contribution in [3.05, 3.63) is 29.8 Å². The van der Waals surface area contributed by atoms with Crippen LogP contribution in [0.15, 0.2) is 33.2 Å². The van der Waals surface area contributed by atoms with Crippen molar-refractivity contribution in [2.45, 2.75) is 63.2 Å². The molecule has 0 radical (unpaired) electrons. The molecule has 0 saturated heterocycles. The summed E-state index contributed by atoms with van der Waals surface area (Å²) in [6.45, 7) is 10.9. The zero-order valence-corrected chi connectivity index (χ0v) is 18.5. The molecule has 1 aromatic carbocycles. The molecule has 0 spiro atoms. The van der Waals surface area contributed by atoms with E-state index in [4.69, 9.17) is 11.6 Å². The van der Waals surface area contributed by atoms with Crippen molar-refractivity contribution in [3.8, 4) is 12.3 Å². The van der Waals surface area contributed by atoms with Crippen LogP contribution in [0.25, 0.3) is 0 Å². The van der Waals surface area contributed by atoms with E-state index in [0.29, 0.717) is 24.3 Å². The van der Waals surface area contributed by atoms with E-state index >= 15 is 0 Å². The fraction of sp³-hybridized carbons (Fsp3) is 0.526. The van der Waals surface area contributed by atoms with Crippen molar-refractivity contribution in [2.75, 3.05) is 7.05 Å². The van der Waals surface area contributed by atoms with Gasteiger partial charge >= 0.3 is 0 Å². The van der Waals surface area contributed by atoms with Crippen molar-refractivity contribution in [2.24, 2.45) is 9.17 Å². The van der Waals surface area contributed by atoms with E-state index in [2.05, 4.69) is 43.8 Å². The van der Waals surface area contributed by atoms with Gasteiger partial charge in [-0.25, -0.2) is 9.35 Å². The molecule has 0 aliphatic carbocycles. The van der Waals surface area contributed by atoms with Crippen LogP contribution in [0.4, 0.5) is 0 Å². The number of nitrogens with zero attached hydrogens (tertiary/aromatic N) is 2. The van der Waals surface area contributed by atoms with E-state index in [9.17, 15) is 9.00 Å². The molecular weight excluding hydrogens is 362 g/mol. The lowest BCUT2D eigenvalue weighted by Crippen LogP contribution is -2.37. The molecule has 1 amide bonds. The van der Waals surface area contributed by atoms with Crippen molar-refractivity contribution < 1.29 is 9.00 Å². The van der Waals surface area contributed by atoms with Crippen molar-refractivity contribution in [1.29, 1.82) is 0 Å². The highest BCUT2D eigenvalue weighted by molar-refractivity contribution is 7.92. The van der Waals surface area contributed by atoms with E-state index in [1.54, 1.807) is 24.1 Å². The Morgan fingerprint density at radius 1 is 1.31 bits per heavy atom. The molecule has 144 valence electrons. The first-order valence-corrected chi connectivity index (χ1v) is 13.1. The van der Waals surface area contributed by atoms with E-state index in [1.807, 2.05) is 12.1 Å². The van der Waals surface area contributed by atoms with E-state index in [1.165, 1.54) is 0 Å². The standard InChI is InChI=1S/C19H31N3O2SSi/c1-8-9-10-18(23)22(5)15-16-11-13-17(14-12-16)25(20,24)21-26(6,7)19(2,3)4/h1,11-14H,9-10,15H2,2-7H3,(H2,20,21,24). The van der Waals surface area contributed by atoms with Gasteiger partial charge in [0.2, 0.25) is 5.91 Å². The summed E-state index contributed by atoms with van der Waals surface area (Å²) in [7, 11) is -3.33. The number of carbonyl (C=O) groups excluding carboxylic acids is 1. The molecule has 1 atom stereocenters. The molecule has 0 heterocycles. The minimum atomic E-state index is -2.94. The fourth-order valence-electron chi connectivity index (χ4n) is 2.05. The average Bonchev–Trinajstić information content (AvgIpc) is 2.51. The minimum absolute atomic E-state index is 0.00238. The molecule has 2 N–H and O–H groups in total. The maximum absolute atomic E-state index is 13.0. The van der Waals surface area contributed by atoms with Crippen LogP contribution < -0.4 is 5.14 Å². The number of hydrogen-bond donors (Lipinski definition) is 1. The molecule has 0 fully saturated rings. The second-order valence-electron chi connectivity index (χ2n) is 8.07. The zero-order chi connectivity index (χ0) is 20.2. The highest BCUT2D eigenvalue weighted by Gasteiger charge is 2.37. The molecule has 26 heavy (non-hydrogen) atoms. The van der Waals surface area contributed by atoms with Gasteiger partial charge in [0, 0.05) is 26.4 Å². The Kier molecular flexibility index (Phi) is 7.22. The first kappa shape index (κ1) is 22.4. The Hall–Kier alpha value is -1.62. The van der Waals surface area contributed by atoms with E-state index in [-0.39, 0.29) is 10.9 Å². The maximum Gasteiger partial charge on any atom is 0.223 e. The number of nitrogens with two attached hydrogens (primary N) is 1. The van der Waals surface area contributed by atoms with Crippen LogP contribution >= 0.6 is 0 Å². The minimum Gasteiger partial charge on any atom is -0.341 e. The van der Waals surface area contributed by atoms with Crippen LogP contribution in [0.1, 0.15) is 39.2 Å². The van der Waals surface area contributed by atoms with Gasteiger partial charge in [0.15, 0.2) is 8.24 Å². The second kappa shape index (κ2) is 8.38. The Labute approximate surface area is 159 Å². The molecule has 7 heteroatoms. The molecule has 1 rings (SSSR count). The first-order chi connectivity index (χ1) is 11.8. The number of terminal acetylenes is 1. The topological polar surface area (TPSA) is 75.8 Å². The van der Waals surface area contributed by atoms with Crippen molar-refractivity contribution in [1.82, 2.24) is 4.90 Å². The summed E-state index contributed by atoms with van der Waals surface area (Å²) in [4.78, 5) is 14.1. The molecule has 1 aromatic rings. The van der Waals surface area contributed by atoms with Gasteiger partial charge in [-0.1, -0.05) is 32.9 Å². The molecule has 0 aromatic heterocycles. The summed E-state index contributed by atoms with van der Waals surface area (Å²) in [6.07, 6.45) is 5.97. The van der Waals surface area contributed by atoms with Gasteiger partial charge in [0.05, 0.1) is 4.90 Å². The summed E-state index contributed by atoms with van der Waals surface area (Å²) in [6, 6.07) is 7.17. The van der Waals surface area contributed by atoms with Gasteiger partial charge < -0.3 is 4.90 Å². The first-order valence-electron chi connectivity index (χ1n) is 8.62. The van der Waals surface area contributed by atoms with Crippen molar-refractivity contribution in [3.63, 3.8) is 0 Å². The van der Waals surface area contributed by atoms with E-state index in [0.717, 1.165) is 5.56 Å². The number of benzene rings is 1. The summed E-state index contributed by atoms with van der Waals surface area (Å²) in [5, 5.41) is 6.06. The molecule has 0 bridgehead atoms. The third-order valence-corrected chi connectivity index (χ3v) is 12.3. The third kappa shape index (κ3) is 5.97. The zero-order valence-electron chi connectivity index (χ0n) is 16.7. The molecule has 0 aliphatic rings. The van der Waals surface area contributed by atoms with Gasteiger partial charge in [-0.3, -0.25) is 8.82 Å². The van der Waals surface area contributed by atoms with Gasteiger partial charge in [-0.15, -0.1) is 12.3 Å². The highest BCUT2D eigenvalue weighted by atomic mass is 32.2. The predicted molar refractivity (Wildman–Crippen MR) is 111 cm³/mol. The van der Waals surface area contributed by atoms with Gasteiger partial charge in [0.25, 0.3) is 0 Å². The van der Waals surface area contributed by atoms with Gasteiger partial charge in [0.1, 0.15) is 9.92 Å². The number of amides is 1. The molecule has 1 unspecified atom stereocenters. The Bertz CT molecular complexity index is 796. The molecule has 0 aliphatic heterocycles. The van der Waals surface area contributed by atoms with Crippen LogP contribution in [0.3, 0.4) is 0 Å². The Balaban J connectivity index is 2.98. The smallest absolute Gasteiger partial charge is 0.223 e. The van der Waals surface area contributed by atoms with Crippen LogP contribution in [0, 0.1) is 12.3 Å². The molecule has 5 nitrogen and oxygen atoms in total. The second-order valence-corrected chi connectivity index (χ2v) is 15.0. The van der Waals surface area contributed by atoms with Crippen LogP contribution in [0.5, 0.6) is 0 Å². The Morgan fingerprint density at radius 3 is 2.31 bits per heavy atom. The lowest BCUT2D eigenvalue weighted by Gasteiger charge is -2.32. The molecule has 0 saturated carbocycles. The summed E-state index contributed by atoms with van der Waals surface area (Å²) >= 11 is 0. The van der Waals surface area contributed by atoms with Crippen LogP contribution in [0.2, 0.25) is 18.1 Å². The van der Waals surface area contributed by atoms with Gasteiger partial charge in [-0.2, -0.15) is 0 Å². The quantitative estimate of drug-likeness (QED) is 0.590. The monoisotopic (exact) mass is 393 g/mol. The fourth-order valence-corrected chi connectivity index (χ4v) is 6.81. The largest absolute Gasteiger partial charge is 0.341 e. The average molecular weight is 394 g/mol. The number of carbonyl (C=O) groups is 1. The Morgan fingerprint density at radius 2 is 1.85 bits per heavy atom. The lowest BCUT2D eigenvalue weighted by molar-refractivity contribution is -0.130. The third-order valence-electron chi connectivity index (χ3n) is 4.79. The summed E-state index contributed by atoms with van der Waals surface area (Å²) in [5.41, 5.74) is 0.938. The van der Waals surface area contributed by atoms with Crippen LogP contribution in [-0.4, -0.2) is 30.3 Å².